The summed E-state index contributed by atoms with van der Waals surface area (Å²) in [6.45, 7) is 12.6. The van der Waals surface area contributed by atoms with E-state index in [1.807, 2.05) is 6.92 Å². The lowest BCUT2D eigenvalue weighted by molar-refractivity contribution is -0.207. The summed E-state index contributed by atoms with van der Waals surface area (Å²) in [5.74, 6) is -0.141. The highest BCUT2D eigenvalue weighted by Gasteiger charge is 2.68. The van der Waals surface area contributed by atoms with Crippen LogP contribution in [0.4, 0.5) is 0 Å². The Morgan fingerprint density at radius 3 is 2.70 bits per heavy atom. The van der Waals surface area contributed by atoms with E-state index in [9.17, 15) is 19.7 Å². The summed E-state index contributed by atoms with van der Waals surface area (Å²) >= 11 is 0. The Morgan fingerprint density at radius 2 is 2.02 bits per heavy atom. The second-order valence-electron chi connectivity index (χ2n) is 12.9. The number of carbonyl (C=O) groups excluding carboxylic acids is 2. The van der Waals surface area contributed by atoms with Gasteiger partial charge in [0.1, 0.15) is 17.6 Å². The minimum Gasteiger partial charge on any atom is -0.482 e. The van der Waals surface area contributed by atoms with Crippen molar-refractivity contribution in [3.63, 3.8) is 0 Å². The Hall–Kier alpha value is -1.91. The average molecular weight is 576 g/mol. The largest absolute Gasteiger partial charge is 0.491 e. The van der Waals surface area contributed by atoms with E-state index in [0.717, 1.165) is 30.4 Å². The molecule has 4 aliphatic rings. The summed E-state index contributed by atoms with van der Waals surface area (Å²) < 4.78 is 17.4. The zero-order valence-corrected chi connectivity index (χ0v) is 24.8. The maximum Gasteiger partial charge on any atom is 0.491 e. The lowest BCUT2D eigenvalue weighted by Crippen LogP contribution is -2.63. The SMILES string of the molecule is C=C[C@]1(C)C[C@@H](OC(=O)COc2cc(CN)c3c(c2)B(O)OC3)[C@]2(C)[C@H](C)CC[C@]3(CCC(=O)[C@H]32)[C@@H](C)[C@@H]1O.Cl. The molecule has 1 aromatic rings. The molecule has 1 aliphatic heterocycles. The molecule has 40 heavy (non-hydrogen) atoms. The molecule has 1 heterocycles. The van der Waals surface area contributed by atoms with Gasteiger partial charge < -0.3 is 30.0 Å². The number of fused-ring (bicyclic) bond motifs is 1. The predicted molar refractivity (Wildman–Crippen MR) is 154 cm³/mol. The van der Waals surface area contributed by atoms with E-state index in [0.29, 0.717) is 24.1 Å². The predicted octanol–water partition coefficient (Wildman–Crippen LogP) is 3.07. The number of hydrogen-bond donors (Lipinski definition) is 3. The van der Waals surface area contributed by atoms with Gasteiger partial charge >= 0.3 is 13.1 Å². The average Bonchev–Trinajstić information content (AvgIpc) is 3.48. The summed E-state index contributed by atoms with van der Waals surface area (Å²) in [6.07, 6.45) is 3.88. The highest BCUT2D eigenvalue weighted by atomic mass is 35.5. The highest BCUT2D eigenvalue weighted by Crippen LogP contribution is 2.68. The quantitative estimate of drug-likeness (QED) is 0.268. The van der Waals surface area contributed by atoms with Crippen molar-refractivity contribution >= 4 is 36.7 Å². The number of halogens is 1. The van der Waals surface area contributed by atoms with Gasteiger partial charge in [0.25, 0.3) is 0 Å². The number of benzene rings is 1. The number of ketones is 1. The third kappa shape index (κ3) is 4.62. The number of hydrogen-bond acceptors (Lipinski definition) is 8. The second-order valence-corrected chi connectivity index (χ2v) is 12.9. The molecular formula is C30H43BClNO7. The third-order valence-electron chi connectivity index (χ3n) is 11.2. The van der Waals surface area contributed by atoms with Crippen LogP contribution in [0, 0.1) is 34.0 Å². The Morgan fingerprint density at radius 1 is 1.30 bits per heavy atom. The Labute approximate surface area is 243 Å². The van der Waals surface area contributed by atoms with Crippen LogP contribution in [0.25, 0.3) is 0 Å². The van der Waals surface area contributed by atoms with Gasteiger partial charge in [-0.2, -0.15) is 0 Å². The van der Waals surface area contributed by atoms with Crippen molar-refractivity contribution in [3.05, 3.63) is 35.9 Å². The number of rotatable bonds is 6. The molecule has 8 nitrogen and oxygen atoms in total. The summed E-state index contributed by atoms with van der Waals surface area (Å²) in [5, 5.41) is 21.8. The smallest absolute Gasteiger partial charge is 0.482 e. The topological polar surface area (TPSA) is 128 Å². The highest BCUT2D eigenvalue weighted by molar-refractivity contribution is 6.61. The van der Waals surface area contributed by atoms with Crippen molar-refractivity contribution in [2.24, 2.45) is 39.7 Å². The first-order chi connectivity index (χ1) is 18.4. The van der Waals surface area contributed by atoms with Gasteiger partial charge in [-0.1, -0.05) is 33.8 Å². The molecular weight excluding hydrogens is 533 g/mol. The monoisotopic (exact) mass is 575 g/mol. The fraction of sp³-hybridized carbons (Fsp3) is 0.667. The van der Waals surface area contributed by atoms with Gasteiger partial charge in [-0.05, 0) is 71.7 Å². The molecule has 0 aromatic heterocycles. The van der Waals surface area contributed by atoms with Crippen LogP contribution in [0.1, 0.15) is 70.9 Å². The summed E-state index contributed by atoms with van der Waals surface area (Å²) in [5.41, 5.74) is 6.51. The van der Waals surface area contributed by atoms with E-state index in [1.165, 1.54) is 0 Å². The first kappa shape index (κ1) is 31.0. The first-order valence-electron chi connectivity index (χ1n) is 14.2. The summed E-state index contributed by atoms with van der Waals surface area (Å²) in [7, 11) is -1.06. The van der Waals surface area contributed by atoms with Crippen molar-refractivity contribution in [1.29, 1.82) is 0 Å². The molecule has 0 radical (unpaired) electrons. The zero-order chi connectivity index (χ0) is 28.3. The lowest BCUT2D eigenvalue weighted by atomic mass is 9.44. The van der Waals surface area contributed by atoms with Crippen molar-refractivity contribution < 1.29 is 33.8 Å². The molecule has 4 N–H and O–H groups in total. The molecule has 0 amide bonds. The maximum atomic E-state index is 13.5. The maximum absolute atomic E-state index is 13.5. The standard InChI is InChI=1S/C30H42BNO7.ClH/c1-6-28(4)13-24(29(5)17(2)7-9-30(18(3)27(28)35)10-8-23(33)26(29)30)39-25(34)16-37-20-11-19(14-32)21-15-38-31(36)22(21)12-20;/h6,11-12,17-18,24,26-27,35-36H,1,7-10,13-16,32H2,2-5H3;1H/t17-,18+,24-,26+,27+,28-,29+,30+;/m1./s1. The van der Waals surface area contributed by atoms with Gasteiger partial charge in [0, 0.05) is 29.7 Å². The van der Waals surface area contributed by atoms with Crippen LogP contribution >= 0.6 is 12.4 Å². The van der Waals surface area contributed by atoms with E-state index in [4.69, 9.17) is 19.9 Å². The Kier molecular flexibility index (Phi) is 8.58. The van der Waals surface area contributed by atoms with Crippen LogP contribution in [0.2, 0.25) is 0 Å². The first-order valence-corrected chi connectivity index (χ1v) is 14.2. The lowest BCUT2D eigenvalue weighted by Gasteiger charge is -2.61. The number of aliphatic hydroxyl groups excluding tert-OH is 1. The molecule has 10 heteroatoms. The number of Topliss-reactive ketones (excluding diaryl/α,β-unsaturated/α-hetero) is 1. The molecule has 220 valence electrons. The van der Waals surface area contributed by atoms with Crippen LogP contribution in [-0.2, 0) is 32.1 Å². The van der Waals surface area contributed by atoms with E-state index in [2.05, 4.69) is 27.4 Å². The molecule has 0 saturated heterocycles. The fourth-order valence-electron chi connectivity index (χ4n) is 8.48. The number of carbonyl (C=O) groups is 2. The van der Waals surface area contributed by atoms with Crippen molar-refractivity contribution in [1.82, 2.24) is 0 Å². The zero-order valence-electron chi connectivity index (χ0n) is 24.0. The molecule has 3 aliphatic carbocycles. The Bertz CT molecular complexity index is 1180. The van der Waals surface area contributed by atoms with E-state index < -0.39 is 36.1 Å². The van der Waals surface area contributed by atoms with Crippen molar-refractivity contribution in [3.8, 4) is 5.75 Å². The Balaban J connectivity index is 0.00000370. The number of aliphatic hydroxyl groups is 1. The number of nitrogens with two attached hydrogens (primary N) is 1. The van der Waals surface area contributed by atoms with Crippen LogP contribution in [-0.4, -0.2) is 47.8 Å². The number of esters is 1. The molecule has 2 bridgehead atoms. The van der Waals surface area contributed by atoms with Gasteiger partial charge in [0.15, 0.2) is 6.61 Å². The van der Waals surface area contributed by atoms with Gasteiger partial charge in [-0.25, -0.2) is 4.79 Å². The van der Waals surface area contributed by atoms with E-state index in [-0.39, 0.29) is 61.1 Å². The summed E-state index contributed by atoms with van der Waals surface area (Å²) in [4.78, 5) is 26.9. The number of ether oxygens (including phenoxy) is 2. The summed E-state index contributed by atoms with van der Waals surface area (Å²) in [6, 6.07) is 3.42. The van der Waals surface area contributed by atoms with E-state index in [1.54, 1.807) is 18.2 Å². The fourth-order valence-corrected chi connectivity index (χ4v) is 8.48. The third-order valence-corrected chi connectivity index (χ3v) is 11.2. The molecule has 0 spiro atoms. The van der Waals surface area contributed by atoms with Crippen LogP contribution in [0.3, 0.4) is 0 Å². The molecule has 8 atom stereocenters. The molecule has 3 saturated carbocycles. The minimum atomic E-state index is -1.06. The van der Waals surface area contributed by atoms with Crippen LogP contribution < -0.4 is 15.9 Å². The van der Waals surface area contributed by atoms with Gasteiger partial charge in [0.2, 0.25) is 0 Å². The van der Waals surface area contributed by atoms with Gasteiger partial charge in [-0.15, -0.1) is 19.0 Å². The molecule has 0 unspecified atom stereocenters. The molecule has 5 rings (SSSR count). The van der Waals surface area contributed by atoms with Crippen LogP contribution in [0.15, 0.2) is 24.8 Å². The second kappa shape index (κ2) is 11.1. The van der Waals surface area contributed by atoms with Gasteiger partial charge in [-0.3, -0.25) is 4.79 Å². The van der Waals surface area contributed by atoms with Crippen LogP contribution in [0.5, 0.6) is 5.75 Å². The normalized spacial score (nSPS) is 38.4. The minimum absolute atomic E-state index is 0. The molecule has 1 aromatic carbocycles. The van der Waals surface area contributed by atoms with Crippen molar-refractivity contribution in [2.75, 3.05) is 6.61 Å². The van der Waals surface area contributed by atoms with Crippen molar-refractivity contribution in [2.45, 2.75) is 85.2 Å². The van der Waals surface area contributed by atoms with E-state index >= 15 is 0 Å². The van der Waals surface area contributed by atoms with Gasteiger partial charge in [0.05, 0.1) is 12.7 Å². The molecule has 3 fully saturated rings.